The van der Waals surface area contributed by atoms with Gasteiger partial charge in [0, 0.05) is 34.1 Å². The highest BCUT2D eigenvalue weighted by atomic mass is 32.1. The highest BCUT2D eigenvalue weighted by Crippen LogP contribution is 2.27. The maximum absolute atomic E-state index is 12.6. The number of hydrogen-bond acceptors (Lipinski definition) is 3. The summed E-state index contributed by atoms with van der Waals surface area (Å²) in [4.78, 5) is 30.0. The van der Waals surface area contributed by atoms with Gasteiger partial charge < -0.3 is 10.3 Å². The Morgan fingerprint density at radius 2 is 1.76 bits per heavy atom. The minimum Gasteiger partial charge on any atom is -0.361 e. The van der Waals surface area contributed by atoms with Crippen molar-refractivity contribution in [3.8, 4) is 0 Å². The third-order valence-electron chi connectivity index (χ3n) is 5.08. The lowest BCUT2D eigenvalue weighted by atomic mass is 10.1. The van der Waals surface area contributed by atoms with Gasteiger partial charge in [0.25, 0.3) is 0 Å². The smallest absolute Gasteiger partial charge is 0.228 e. The molecular weight excluding hydrogens is 380 g/mol. The van der Waals surface area contributed by atoms with E-state index in [-0.39, 0.29) is 17.6 Å². The fourth-order valence-electron chi connectivity index (χ4n) is 3.38. The molecule has 4 aromatic rings. The topological polar surface area (TPSA) is 62.0 Å². The quantitative estimate of drug-likeness (QED) is 0.431. The van der Waals surface area contributed by atoms with Crippen LogP contribution in [0.25, 0.3) is 10.9 Å². The van der Waals surface area contributed by atoms with E-state index >= 15 is 0 Å². The number of amides is 1. The molecule has 2 aromatic heterocycles. The fraction of sp³-hybridized carbons (Fsp3) is 0.167. The Kier molecular flexibility index (Phi) is 5.58. The molecule has 0 bridgehead atoms. The third-order valence-corrected chi connectivity index (χ3v) is 6.34. The van der Waals surface area contributed by atoms with Crippen molar-refractivity contribution in [3.05, 3.63) is 93.8 Å². The van der Waals surface area contributed by atoms with E-state index in [1.807, 2.05) is 73.8 Å². The van der Waals surface area contributed by atoms with Crippen molar-refractivity contribution >= 4 is 33.9 Å². The number of hydrogen-bond donors (Lipinski definition) is 2. The largest absolute Gasteiger partial charge is 0.361 e. The van der Waals surface area contributed by atoms with Crippen LogP contribution in [0.5, 0.6) is 0 Å². The number of carbonyl (C=O) groups excluding carboxylic acids is 2. The van der Waals surface area contributed by atoms with Crippen LogP contribution in [0.2, 0.25) is 0 Å². The van der Waals surface area contributed by atoms with Crippen LogP contribution in [0.3, 0.4) is 0 Å². The molecule has 0 aliphatic carbocycles. The Bertz CT molecular complexity index is 1140. The summed E-state index contributed by atoms with van der Waals surface area (Å²) in [6.45, 7) is 2.45. The van der Waals surface area contributed by atoms with E-state index in [2.05, 4.69) is 16.4 Å². The molecule has 1 amide bonds. The highest BCUT2D eigenvalue weighted by Gasteiger charge is 2.19. The number of rotatable bonds is 7. The molecule has 2 N–H and O–H groups in total. The number of carbonyl (C=O) groups is 2. The van der Waals surface area contributed by atoms with Crippen LogP contribution in [0.4, 0.5) is 0 Å². The van der Waals surface area contributed by atoms with Gasteiger partial charge in [-0.1, -0.05) is 48.5 Å². The maximum Gasteiger partial charge on any atom is 0.228 e. The molecule has 0 aliphatic heterocycles. The van der Waals surface area contributed by atoms with Gasteiger partial charge >= 0.3 is 0 Å². The van der Waals surface area contributed by atoms with Crippen LogP contribution >= 0.6 is 11.3 Å². The number of ketones is 1. The lowest BCUT2D eigenvalue weighted by Gasteiger charge is -2.10. The van der Waals surface area contributed by atoms with Gasteiger partial charge in [0.2, 0.25) is 11.7 Å². The van der Waals surface area contributed by atoms with Gasteiger partial charge in [-0.2, -0.15) is 0 Å². The molecule has 4 rings (SSSR count). The number of aromatic nitrogens is 1. The van der Waals surface area contributed by atoms with Crippen molar-refractivity contribution in [1.29, 1.82) is 0 Å². The molecule has 2 heterocycles. The Balaban J connectivity index is 1.36. The first kappa shape index (κ1) is 19.2. The van der Waals surface area contributed by atoms with Crippen molar-refractivity contribution in [2.45, 2.75) is 19.3 Å². The predicted octanol–water partition coefficient (Wildman–Crippen LogP) is 4.92. The average Bonchev–Trinajstić information content (AvgIpc) is 3.41. The second-order valence-electron chi connectivity index (χ2n) is 7.02. The second kappa shape index (κ2) is 8.45. The van der Waals surface area contributed by atoms with Gasteiger partial charge in [0.05, 0.1) is 10.8 Å². The Hall–Kier alpha value is -3.18. The zero-order chi connectivity index (χ0) is 20.2. The summed E-state index contributed by atoms with van der Waals surface area (Å²) in [5.74, 6) is -0.320. The Morgan fingerprint density at radius 1 is 1.00 bits per heavy atom. The molecule has 1 unspecified atom stereocenters. The van der Waals surface area contributed by atoms with Gasteiger partial charge in [-0.05, 0) is 37.1 Å². The van der Waals surface area contributed by atoms with Crippen LogP contribution in [-0.4, -0.2) is 23.2 Å². The number of nitrogens with one attached hydrogen (secondary N) is 2. The van der Waals surface area contributed by atoms with Crippen LogP contribution in [0.1, 0.15) is 38.5 Å². The van der Waals surface area contributed by atoms with E-state index in [0.29, 0.717) is 17.0 Å². The number of para-hydroxylation sites is 1. The van der Waals surface area contributed by atoms with Crippen molar-refractivity contribution in [2.24, 2.45) is 0 Å². The summed E-state index contributed by atoms with van der Waals surface area (Å²) in [5.41, 5.74) is 2.97. The molecule has 0 saturated heterocycles. The molecule has 1 atom stereocenters. The molecular formula is C24H22N2O2S. The van der Waals surface area contributed by atoms with Gasteiger partial charge in [0.15, 0.2) is 0 Å². The maximum atomic E-state index is 12.6. The first-order valence-corrected chi connectivity index (χ1v) is 10.5. The highest BCUT2D eigenvalue weighted by molar-refractivity contribution is 7.14. The van der Waals surface area contributed by atoms with E-state index < -0.39 is 0 Å². The van der Waals surface area contributed by atoms with Crippen LogP contribution < -0.4 is 5.32 Å². The van der Waals surface area contributed by atoms with Gasteiger partial charge in [-0.15, -0.1) is 11.3 Å². The van der Waals surface area contributed by atoms with Gasteiger partial charge in [-0.3, -0.25) is 9.59 Å². The number of fused-ring (bicyclic) bond motifs is 1. The summed E-state index contributed by atoms with van der Waals surface area (Å²) in [6.07, 6.45) is 2.77. The number of thiophene rings is 1. The molecule has 0 aliphatic rings. The van der Waals surface area contributed by atoms with E-state index in [9.17, 15) is 9.59 Å². The van der Waals surface area contributed by atoms with Crippen molar-refractivity contribution in [1.82, 2.24) is 10.3 Å². The van der Waals surface area contributed by atoms with E-state index in [1.165, 1.54) is 22.3 Å². The van der Waals surface area contributed by atoms with Crippen LogP contribution in [0.15, 0.2) is 72.9 Å². The first-order valence-electron chi connectivity index (χ1n) is 9.65. The number of H-pyrrole nitrogens is 1. The average molecular weight is 403 g/mol. The molecule has 0 saturated carbocycles. The number of benzene rings is 2. The molecule has 29 heavy (non-hydrogen) atoms. The second-order valence-corrected chi connectivity index (χ2v) is 8.13. The molecule has 0 spiro atoms. The monoisotopic (exact) mass is 402 g/mol. The van der Waals surface area contributed by atoms with Gasteiger partial charge in [0.1, 0.15) is 0 Å². The molecule has 5 heteroatoms. The SMILES string of the molecule is CC(C(=O)NCCc1c[nH]c2ccccc12)c1ccc(C(=O)c2ccccc2)s1. The standard InChI is InChI=1S/C24H22N2O2S/c1-16(21-11-12-22(29-21)23(27)17-7-3-2-4-8-17)24(28)25-14-13-18-15-26-20-10-6-5-9-19(18)20/h2-12,15-16,26H,13-14H2,1H3,(H,25,28). The molecule has 0 fully saturated rings. The lowest BCUT2D eigenvalue weighted by Crippen LogP contribution is -2.29. The van der Waals surface area contributed by atoms with Gasteiger partial charge in [-0.25, -0.2) is 0 Å². The van der Waals surface area contributed by atoms with Crippen molar-refractivity contribution in [2.75, 3.05) is 6.54 Å². The minimum absolute atomic E-state index is 0.00575. The van der Waals surface area contributed by atoms with E-state index in [0.717, 1.165) is 16.8 Å². The van der Waals surface area contributed by atoms with Crippen LogP contribution in [-0.2, 0) is 11.2 Å². The molecule has 146 valence electrons. The molecule has 2 aromatic carbocycles. The minimum atomic E-state index is -0.291. The fourth-order valence-corrected chi connectivity index (χ4v) is 4.40. The van der Waals surface area contributed by atoms with E-state index in [4.69, 9.17) is 0 Å². The number of aromatic amines is 1. The summed E-state index contributed by atoms with van der Waals surface area (Å²) in [7, 11) is 0. The van der Waals surface area contributed by atoms with Crippen LogP contribution in [0, 0.1) is 0 Å². The summed E-state index contributed by atoms with van der Waals surface area (Å²) >= 11 is 1.39. The normalized spacial score (nSPS) is 12.0. The summed E-state index contributed by atoms with van der Waals surface area (Å²) in [5, 5.41) is 4.21. The summed E-state index contributed by atoms with van der Waals surface area (Å²) in [6, 6.07) is 21.1. The van der Waals surface area contributed by atoms with Crippen molar-refractivity contribution < 1.29 is 9.59 Å². The summed E-state index contributed by atoms with van der Waals surface area (Å²) < 4.78 is 0. The van der Waals surface area contributed by atoms with Crippen molar-refractivity contribution in [3.63, 3.8) is 0 Å². The van der Waals surface area contributed by atoms with E-state index in [1.54, 1.807) is 0 Å². The Morgan fingerprint density at radius 3 is 2.59 bits per heavy atom. The molecule has 0 radical (unpaired) electrons. The predicted molar refractivity (Wildman–Crippen MR) is 118 cm³/mol. The molecule has 4 nitrogen and oxygen atoms in total. The zero-order valence-electron chi connectivity index (χ0n) is 16.1. The Labute approximate surface area is 173 Å². The third kappa shape index (κ3) is 4.15. The first-order chi connectivity index (χ1) is 14.1. The zero-order valence-corrected chi connectivity index (χ0v) is 17.0. The lowest BCUT2D eigenvalue weighted by molar-refractivity contribution is -0.122.